The number of hydrogen-bond acceptors (Lipinski definition) is 5. The molecule has 7 heteroatoms. The van der Waals surface area contributed by atoms with Crippen molar-refractivity contribution in [2.24, 2.45) is 0 Å². The lowest BCUT2D eigenvalue weighted by Crippen LogP contribution is -2.10. The molecule has 0 saturated carbocycles. The van der Waals surface area contributed by atoms with E-state index in [1.807, 2.05) is 0 Å². The summed E-state index contributed by atoms with van der Waals surface area (Å²) in [6.07, 6.45) is 4.29. The van der Waals surface area contributed by atoms with Gasteiger partial charge in [-0.25, -0.2) is 0 Å². The summed E-state index contributed by atoms with van der Waals surface area (Å²) in [5.74, 6) is -0.282. The Kier molecular flexibility index (Phi) is 4.09. The average Bonchev–Trinajstić information content (AvgIpc) is 3.18. The van der Waals surface area contributed by atoms with Gasteiger partial charge >= 0.3 is 0 Å². The molecule has 2 aromatic heterocycles. The first-order valence-electron chi connectivity index (χ1n) is 7.26. The van der Waals surface area contributed by atoms with Gasteiger partial charge in [-0.3, -0.25) is 9.48 Å². The van der Waals surface area contributed by atoms with Gasteiger partial charge in [0.1, 0.15) is 11.4 Å². The lowest BCUT2D eigenvalue weighted by Gasteiger charge is -1.98. The monoisotopic (exact) mass is 312 g/mol. The molecule has 1 aromatic carbocycles. The van der Waals surface area contributed by atoms with Crippen LogP contribution in [0.2, 0.25) is 0 Å². The van der Waals surface area contributed by atoms with Crippen LogP contribution in [0.4, 0.5) is 5.69 Å². The van der Waals surface area contributed by atoms with Crippen molar-refractivity contribution in [1.82, 2.24) is 14.9 Å². The number of hydrogen-bond donors (Lipinski definition) is 2. The fourth-order valence-corrected chi connectivity index (χ4v) is 2.17. The van der Waals surface area contributed by atoms with Crippen LogP contribution in [0, 0.1) is 0 Å². The number of benzene rings is 1. The predicted octanol–water partition coefficient (Wildman–Crippen LogP) is 2.91. The maximum Gasteiger partial charge on any atom is 0.294 e. The highest BCUT2D eigenvalue weighted by atomic mass is 16.5. The lowest BCUT2D eigenvalue weighted by molar-refractivity contribution is 0.0988. The van der Waals surface area contributed by atoms with Gasteiger partial charge in [0, 0.05) is 24.4 Å². The highest BCUT2D eigenvalue weighted by molar-refractivity contribution is 6.02. The Morgan fingerprint density at radius 2 is 2.22 bits per heavy atom. The molecular formula is C16H16N4O3. The third kappa shape index (κ3) is 3.23. The van der Waals surface area contributed by atoms with Gasteiger partial charge < -0.3 is 14.9 Å². The smallest absolute Gasteiger partial charge is 0.294 e. The van der Waals surface area contributed by atoms with Crippen LogP contribution in [-0.2, 0) is 6.54 Å². The second kappa shape index (κ2) is 6.35. The molecule has 0 unspecified atom stereocenters. The second-order valence-corrected chi connectivity index (χ2v) is 5.04. The Bertz CT molecular complexity index is 822. The quantitative estimate of drug-likeness (QED) is 0.755. The lowest BCUT2D eigenvalue weighted by atomic mass is 10.1. The van der Waals surface area contributed by atoms with E-state index < -0.39 is 5.91 Å². The Hall–Kier alpha value is -3.09. The first-order chi connectivity index (χ1) is 11.2. The average molecular weight is 312 g/mol. The summed E-state index contributed by atoms with van der Waals surface area (Å²) in [5.41, 5.74) is 1.49. The zero-order valence-electron chi connectivity index (χ0n) is 12.6. The number of nitrogens with one attached hydrogen (secondary N) is 1. The molecule has 0 fully saturated rings. The fourth-order valence-electron chi connectivity index (χ4n) is 2.17. The van der Waals surface area contributed by atoms with E-state index in [1.165, 1.54) is 6.07 Å². The summed E-state index contributed by atoms with van der Waals surface area (Å²) in [6.45, 7) is 2.84. The molecule has 3 rings (SSSR count). The van der Waals surface area contributed by atoms with Crippen LogP contribution in [-0.4, -0.2) is 26.0 Å². The van der Waals surface area contributed by atoms with Crippen LogP contribution in [0.15, 0.2) is 47.2 Å². The Balaban J connectivity index is 1.74. The molecule has 0 aliphatic carbocycles. The fraction of sp³-hybridized carbons (Fsp3) is 0.188. The van der Waals surface area contributed by atoms with Gasteiger partial charge in [-0.1, -0.05) is 24.2 Å². The number of carbonyl (C=O) groups excluding carboxylic acids is 1. The first-order valence-corrected chi connectivity index (χ1v) is 7.26. The maximum absolute atomic E-state index is 12.2. The number of para-hydroxylation sites is 1. The minimum Gasteiger partial charge on any atom is -0.507 e. The molecule has 0 atom stereocenters. The van der Waals surface area contributed by atoms with Gasteiger partial charge in [0.05, 0.1) is 11.9 Å². The minimum absolute atomic E-state index is 0.0616. The molecule has 3 aromatic rings. The topological polar surface area (TPSA) is 93.2 Å². The normalized spacial score (nSPS) is 10.7. The van der Waals surface area contributed by atoms with E-state index in [0.717, 1.165) is 13.0 Å². The molecule has 7 nitrogen and oxygen atoms in total. The van der Waals surface area contributed by atoms with E-state index in [4.69, 9.17) is 4.52 Å². The number of phenols is 1. The number of phenolic OH excluding ortho intramolecular Hbond substituents is 1. The van der Waals surface area contributed by atoms with Gasteiger partial charge in [-0.15, -0.1) is 0 Å². The van der Waals surface area contributed by atoms with E-state index in [-0.39, 0.29) is 11.5 Å². The van der Waals surface area contributed by atoms with Crippen molar-refractivity contribution in [3.8, 4) is 17.0 Å². The van der Waals surface area contributed by atoms with Gasteiger partial charge in [0.25, 0.3) is 5.91 Å². The van der Waals surface area contributed by atoms with E-state index in [0.29, 0.717) is 16.9 Å². The zero-order valence-corrected chi connectivity index (χ0v) is 12.6. The molecule has 0 bridgehead atoms. The van der Waals surface area contributed by atoms with Crippen molar-refractivity contribution in [2.75, 3.05) is 5.32 Å². The summed E-state index contributed by atoms with van der Waals surface area (Å²) < 4.78 is 6.82. The number of rotatable bonds is 5. The van der Waals surface area contributed by atoms with Crippen molar-refractivity contribution in [3.05, 3.63) is 48.5 Å². The number of aryl methyl sites for hydroxylation is 1. The third-order valence-corrected chi connectivity index (χ3v) is 3.26. The minimum atomic E-state index is -0.421. The number of carbonyl (C=O) groups is 1. The molecule has 0 aliphatic heterocycles. The van der Waals surface area contributed by atoms with Crippen molar-refractivity contribution in [1.29, 1.82) is 0 Å². The molecule has 0 aliphatic rings. The Morgan fingerprint density at radius 3 is 3.00 bits per heavy atom. The summed E-state index contributed by atoms with van der Waals surface area (Å²) in [6, 6.07) is 8.21. The van der Waals surface area contributed by atoms with E-state index >= 15 is 0 Å². The number of aromatic hydroxyl groups is 1. The molecule has 1 amide bonds. The van der Waals surface area contributed by atoms with Crippen molar-refractivity contribution >= 4 is 11.6 Å². The number of nitrogens with zero attached hydrogens (tertiary/aromatic N) is 3. The number of aromatic nitrogens is 3. The summed E-state index contributed by atoms with van der Waals surface area (Å²) >= 11 is 0. The van der Waals surface area contributed by atoms with Crippen molar-refractivity contribution in [2.45, 2.75) is 19.9 Å². The Morgan fingerprint density at radius 1 is 1.39 bits per heavy atom. The van der Waals surface area contributed by atoms with Crippen LogP contribution >= 0.6 is 0 Å². The molecule has 2 N–H and O–H groups in total. The van der Waals surface area contributed by atoms with Crippen molar-refractivity contribution in [3.63, 3.8) is 0 Å². The van der Waals surface area contributed by atoms with Crippen molar-refractivity contribution < 1.29 is 14.4 Å². The van der Waals surface area contributed by atoms with Gasteiger partial charge in [0.2, 0.25) is 5.76 Å². The molecule has 2 heterocycles. The van der Waals surface area contributed by atoms with Gasteiger partial charge in [-0.05, 0) is 18.6 Å². The highest BCUT2D eigenvalue weighted by Crippen LogP contribution is 2.28. The van der Waals surface area contributed by atoms with E-state index in [1.54, 1.807) is 41.3 Å². The van der Waals surface area contributed by atoms with Crippen LogP contribution in [0.5, 0.6) is 5.75 Å². The van der Waals surface area contributed by atoms with Crippen LogP contribution < -0.4 is 5.32 Å². The molecule has 0 radical (unpaired) electrons. The summed E-state index contributed by atoms with van der Waals surface area (Å²) in [5, 5.41) is 20.5. The third-order valence-electron chi connectivity index (χ3n) is 3.26. The predicted molar refractivity (Wildman–Crippen MR) is 84.1 cm³/mol. The molecule has 23 heavy (non-hydrogen) atoms. The largest absolute Gasteiger partial charge is 0.507 e. The standard InChI is InChI=1S/C16H16N4O3/c1-2-7-20-10-11(9-17-20)18-16(22)15-8-13(19-23-15)12-5-3-4-6-14(12)21/h3-6,8-10,21H,2,7H2,1H3,(H,18,22). The Labute approximate surface area is 132 Å². The van der Waals surface area contributed by atoms with E-state index in [2.05, 4.69) is 22.5 Å². The first kappa shape index (κ1) is 14.8. The zero-order chi connectivity index (χ0) is 16.2. The molecular weight excluding hydrogens is 296 g/mol. The molecule has 0 spiro atoms. The number of anilines is 1. The van der Waals surface area contributed by atoms with Gasteiger partial charge in [-0.2, -0.15) is 5.10 Å². The number of amides is 1. The molecule has 0 saturated heterocycles. The maximum atomic E-state index is 12.2. The van der Waals surface area contributed by atoms with Crippen LogP contribution in [0.25, 0.3) is 11.3 Å². The SMILES string of the molecule is CCCn1cc(NC(=O)c2cc(-c3ccccc3O)no2)cn1. The van der Waals surface area contributed by atoms with Crippen LogP contribution in [0.1, 0.15) is 23.9 Å². The van der Waals surface area contributed by atoms with E-state index in [9.17, 15) is 9.90 Å². The van der Waals surface area contributed by atoms with Gasteiger partial charge in [0.15, 0.2) is 0 Å². The highest BCUT2D eigenvalue weighted by Gasteiger charge is 2.16. The second-order valence-electron chi connectivity index (χ2n) is 5.04. The summed E-state index contributed by atoms with van der Waals surface area (Å²) in [7, 11) is 0. The summed E-state index contributed by atoms with van der Waals surface area (Å²) in [4.78, 5) is 12.2. The van der Waals surface area contributed by atoms with Crippen LogP contribution in [0.3, 0.4) is 0 Å². The molecule has 118 valence electrons.